The number of carbonyl (C=O) groups excluding carboxylic acids is 1. The molecule has 7 heteroatoms. The van der Waals surface area contributed by atoms with Crippen LogP contribution in [0.1, 0.15) is 19.8 Å². The fraction of sp³-hybridized carbons (Fsp3) is 0.417. The molecule has 0 aliphatic rings. The molecule has 0 atom stereocenters. The van der Waals surface area contributed by atoms with Crippen molar-refractivity contribution in [2.45, 2.75) is 19.8 Å². The predicted octanol–water partition coefficient (Wildman–Crippen LogP) is 1.60. The summed E-state index contributed by atoms with van der Waals surface area (Å²) in [6, 6.07) is 1.94. The Kier molecular flexibility index (Phi) is 4.51. The van der Waals surface area contributed by atoms with Gasteiger partial charge in [-0.3, -0.25) is 4.79 Å². The van der Waals surface area contributed by atoms with Crippen molar-refractivity contribution in [1.29, 1.82) is 0 Å². The first-order valence-corrected chi connectivity index (χ1v) is 7.10. The number of hydrogen-bond acceptors (Lipinski definition) is 6. The van der Waals surface area contributed by atoms with Crippen LogP contribution in [0.5, 0.6) is 0 Å². The number of fused-ring (bicyclic) bond motifs is 1. The van der Waals surface area contributed by atoms with Gasteiger partial charge in [-0.15, -0.1) is 11.3 Å². The van der Waals surface area contributed by atoms with Gasteiger partial charge in [-0.25, -0.2) is 4.98 Å². The number of carbonyl (C=O) groups is 1. The van der Waals surface area contributed by atoms with Gasteiger partial charge in [0.2, 0.25) is 11.9 Å². The minimum Gasteiger partial charge on any atom is -0.369 e. The summed E-state index contributed by atoms with van der Waals surface area (Å²) in [6.07, 6.45) is 1.35. The van der Waals surface area contributed by atoms with Crippen LogP contribution in [-0.4, -0.2) is 29.0 Å². The molecular weight excluding hydrogens is 262 g/mol. The van der Waals surface area contributed by atoms with Gasteiger partial charge in [0.25, 0.3) is 0 Å². The molecule has 0 unspecified atom stereocenters. The third-order valence-corrected chi connectivity index (χ3v) is 3.37. The van der Waals surface area contributed by atoms with Crippen LogP contribution in [0.2, 0.25) is 0 Å². The van der Waals surface area contributed by atoms with Gasteiger partial charge < -0.3 is 16.4 Å². The quantitative estimate of drug-likeness (QED) is 0.747. The largest absolute Gasteiger partial charge is 0.369 e. The number of amides is 1. The Balaban J connectivity index is 1.94. The molecule has 0 aliphatic carbocycles. The number of anilines is 2. The highest BCUT2D eigenvalue weighted by molar-refractivity contribution is 7.16. The average molecular weight is 279 g/mol. The number of hydrogen-bond donors (Lipinski definition) is 3. The summed E-state index contributed by atoms with van der Waals surface area (Å²) in [5.41, 5.74) is 5.65. The van der Waals surface area contributed by atoms with Crippen LogP contribution in [0.4, 0.5) is 11.8 Å². The van der Waals surface area contributed by atoms with Crippen molar-refractivity contribution < 1.29 is 4.79 Å². The minimum atomic E-state index is 0.0398. The van der Waals surface area contributed by atoms with E-state index in [1.165, 1.54) is 11.3 Å². The van der Waals surface area contributed by atoms with Crippen LogP contribution in [0.3, 0.4) is 0 Å². The summed E-state index contributed by atoms with van der Waals surface area (Å²) in [6.45, 7) is 3.26. The SMILES string of the molecule is CCCNC(=O)CCNc1nc(N)nc2sccc12. The molecule has 0 aliphatic heterocycles. The van der Waals surface area contributed by atoms with Crippen molar-refractivity contribution in [2.75, 3.05) is 24.1 Å². The average Bonchev–Trinajstić information content (AvgIpc) is 2.84. The summed E-state index contributed by atoms with van der Waals surface area (Å²) in [5.74, 6) is 0.970. The maximum Gasteiger partial charge on any atom is 0.223 e. The van der Waals surface area contributed by atoms with Crippen molar-refractivity contribution in [1.82, 2.24) is 15.3 Å². The lowest BCUT2D eigenvalue weighted by Crippen LogP contribution is -2.26. The smallest absolute Gasteiger partial charge is 0.223 e. The third-order valence-electron chi connectivity index (χ3n) is 2.56. The Morgan fingerprint density at radius 2 is 2.26 bits per heavy atom. The van der Waals surface area contributed by atoms with Crippen LogP contribution in [0, 0.1) is 0 Å². The number of rotatable bonds is 6. The Bertz CT molecular complexity index is 568. The lowest BCUT2D eigenvalue weighted by molar-refractivity contribution is -0.120. The van der Waals surface area contributed by atoms with E-state index in [-0.39, 0.29) is 11.9 Å². The van der Waals surface area contributed by atoms with Crippen molar-refractivity contribution in [2.24, 2.45) is 0 Å². The van der Waals surface area contributed by atoms with Crippen molar-refractivity contribution >= 4 is 39.2 Å². The Hall–Kier alpha value is -1.89. The lowest BCUT2D eigenvalue weighted by atomic mass is 10.3. The van der Waals surface area contributed by atoms with Gasteiger partial charge in [-0.2, -0.15) is 4.98 Å². The highest BCUT2D eigenvalue weighted by Crippen LogP contribution is 2.25. The van der Waals surface area contributed by atoms with Gasteiger partial charge in [0.1, 0.15) is 10.6 Å². The topological polar surface area (TPSA) is 92.9 Å². The van der Waals surface area contributed by atoms with Gasteiger partial charge in [-0.05, 0) is 17.9 Å². The van der Waals surface area contributed by atoms with Crippen LogP contribution in [0.25, 0.3) is 10.2 Å². The summed E-state index contributed by atoms with van der Waals surface area (Å²) in [5, 5.41) is 8.84. The first-order chi connectivity index (χ1) is 9.20. The monoisotopic (exact) mass is 279 g/mol. The highest BCUT2D eigenvalue weighted by Gasteiger charge is 2.07. The van der Waals surface area contributed by atoms with Crippen molar-refractivity contribution in [3.05, 3.63) is 11.4 Å². The number of nitrogens with one attached hydrogen (secondary N) is 2. The molecule has 0 spiro atoms. The molecule has 2 rings (SSSR count). The van der Waals surface area contributed by atoms with Crippen LogP contribution in [-0.2, 0) is 4.79 Å². The molecule has 1 amide bonds. The molecule has 0 saturated carbocycles. The molecule has 2 aromatic heterocycles. The number of nitrogens with zero attached hydrogens (tertiary/aromatic N) is 2. The summed E-state index contributed by atoms with van der Waals surface area (Å²) < 4.78 is 0. The number of nitrogens with two attached hydrogens (primary N) is 1. The van der Waals surface area contributed by atoms with Gasteiger partial charge in [0.05, 0.1) is 5.39 Å². The molecule has 0 fully saturated rings. The Morgan fingerprint density at radius 3 is 3.05 bits per heavy atom. The van der Waals surface area contributed by atoms with Gasteiger partial charge >= 0.3 is 0 Å². The lowest BCUT2D eigenvalue weighted by Gasteiger charge is -2.07. The van der Waals surface area contributed by atoms with E-state index in [4.69, 9.17) is 5.73 Å². The zero-order valence-corrected chi connectivity index (χ0v) is 11.6. The van der Waals surface area contributed by atoms with E-state index >= 15 is 0 Å². The standard InChI is InChI=1S/C12H17N5OS/c1-2-5-14-9(18)3-6-15-10-8-4-7-19-11(8)17-12(13)16-10/h4,7H,2-3,5-6H2,1H3,(H,14,18)(H3,13,15,16,17). The zero-order chi connectivity index (χ0) is 13.7. The molecule has 0 radical (unpaired) electrons. The normalized spacial score (nSPS) is 10.6. The number of nitrogen functional groups attached to an aromatic ring is 1. The Morgan fingerprint density at radius 1 is 1.42 bits per heavy atom. The predicted molar refractivity (Wildman–Crippen MR) is 78.2 cm³/mol. The van der Waals surface area contributed by atoms with E-state index in [1.807, 2.05) is 18.4 Å². The summed E-state index contributed by atoms with van der Waals surface area (Å²) in [7, 11) is 0. The molecule has 0 aromatic carbocycles. The molecule has 0 saturated heterocycles. The van der Waals surface area contributed by atoms with E-state index in [9.17, 15) is 4.79 Å². The molecule has 2 aromatic rings. The van der Waals surface area contributed by atoms with E-state index in [0.717, 1.165) is 16.6 Å². The summed E-state index contributed by atoms with van der Waals surface area (Å²) >= 11 is 1.52. The number of aromatic nitrogens is 2. The van der Waals surface area contributed by atoms with E-state index in [0.29, 0.717) is 25.3 Å². The molecule has 2 heterocycles. The molecule has 19 heavy (non-hydrogen) atoms. The fourth-order valence-electron chi connectivity index (χ4n) is 1.65. The zero-order valence-electron chi connectivity index (χ0n) is 10.8. The molecular formula is C12H17N5OS. The maximum absolute atomic E-state index is 11.5. The van der Waals surface area contributed by atoms with Crippen LogP contribution in [0.15, 0.2) is 11.4 Å². The third kappa shape index (κ3) is 3.54. The number of thiophene rings is 1. The van der Waals surface area contributed by atoms with Crippen LogP contribution < -0.4 is 16.4 Å². The first-order valence-electron chi connectivity index (χ1n) is 6.22. The second-order valence-corrected chi connectivity index (χ2v) is 4.99. The molecule has 0 bridgehead atoms. The molecule has 102 valence electrons. The Labute approximate surface area is 115 Å². The van der Waals surface area contributed by atoms with Crippen molar-refractivity contribution in [3.8, 4) is 0 Å². The highest BCUT2D eigenvalue weighted by atomic mass is 32.1. The second kappa shape index (κ2) is 6.33. The minimum absolute atomic E-state index is 0.0398. The van der Waals surface area contributed by atoms with E-state index < -0.39 is 0 Å². The summed E-state index contributed by atoms with van der Waals surface area (Å²) in [4.78, 5) is 20.6. The van der Waals surface area contributed by atoms with Gasteiger partial charge in [-0.1, -0.05) is 6.92 Å². The van der Waals surface area contributed by atoms with Crippen molar-refractivity contribution in [3.63, 3.8) is 0 Å². The van der Waals surface area contributed by atoms with Gasteiger partial charge in [0, 0.05) is 19.5 Å². The van der Waals surface area contributed by atoms with E-state index in [1.54, 1.807) is 0 Å². The maximum atomic E-state index is 11.5. The fourth-order valence-corrected chi connectivity index (χ4v) is 2.42. The van der Waals surface area contributed by atoms with Gasteiger partial charge in [0.15, 0.2) is 0 Å². The van der Waals surface area contributed by atoms with Crippen LogP contribution >= 0.6 is 11.3 Å². The molecule has 6 nitrogen and oxygen atoms in total. The van der Waals surface area contributed by atoms with E-state index in [2.05, 4.69) is 20.6 Å². The molecule has 4 N–H and O–H groups in total. The second-order valence-electron chi connectivity index (χ2n) is 4.10. The first kappa shape index (κ1) is 13.5.